The van der Waals surface area contributed by atoms with Gasteiger partial charge in [-0.25, -0.2) is 4.98 Å². The maximum absolute atomic E-state index is 12.4. The number of esters is 1. The van der Waals surface area contributed by atoms with E-state index >= 15 is 0 Å². The molecule has 0 aliphatic carbocycles. The van der Waals surface area contributed by atoms with Crippen LogP contribution in [0.2, 0.25) is 5.15 Å². The van der Waals surface area contributed by atoms with Gasteiger partial charge in [-0.2, -0.15) is 5.21 Å². The number of halogens is 1. The van der Waals surface area contributed by atoms with Crippen molar-refractivity contribution in [1.82, 2.24) is 30.2 Å². The van der Waals surface area contributed by atoms with Crippen LogP contribution in [0.1, 0.15) is 49.7 Å². The fourth-order valence-corrected chi connectivity index (χ4v) is 4.46. The van der Waals surface area contributed by atoms with Crippen LogP contribution in [0.3, 0.4) is 0 Å². The Balaban J connectivity index is 1.64. The van der Waals surface area contributed by atoms with Crippen LogP contribution in [0.5, 0.6) is 0 Å². The van der Waals surface area contributed by atoms with Crippen molar-refractivity contribution >= 4 is 23.5 Å². The van der Waals surface area contributed by atoms with E-state index in [-0.39, 0.29) is 24.6 Å². The Labute approximate surface area is 230 Å². The van der Waals surface area contributed by atoms with Gasteiger partial charge in [0.15, 0.2) is 5.15 Å². The summed E-state index contributed by atoms with van der Waals surface area (Å²) < 4.78 is 7.37. The smallest absolute Gasteiger partial charge is 0.323 e. The number of ether oxygens (including phenoxy) is 1. The molecule has 204 valence electrons. The molecule has 0 radical (unpaired) electrons. The SMILES string of the molecule is CCCCc1nc(Cl)c(COC(=O)[C@@H](N)CCC(=O)O)n1Cc1ccc(-c2ccccc2)c(-c2nn[nH]n2)c1. The molecule has 0 amide bonds. The molecule has 11 nitrogen and oxygen atoms in total. The number of aliphatic carboxylic acids is 1. The molecular formula is C27H30ClN7O4. The van der Waals surface area contributed by atoms with Gasteiger partial charge in [-0.1, -0.05) is 67.4 Å². The first-order chi connectivity index (χ1) is 18.9. The molecule has 0 aliphatic rings. The molecule has 4 aromatic rings. The molecule has 0 bridgehead atoms. The fraction of sp³-hybridized carbons (Fsp3) is 0.333. The highest BCUT2D eigenvalue weighted by Gasteiger charge is 2.22. The number of H-pyrrole nitrogens is 1. The van der Waals surface area contributed by atoms with Crippen LogP contribution >= 0.6 is 11.6 Å². The first kappa shape index (κ1) is 27.9. The summed E-state index contributed by atoms with van der Waals surface area (Å²) in [5, 5.41) is 23.7. The number of aromatic amines is 1. The van der Waals surface area contributed by atoms with Gasteiger partial charge in [-0.3, -0.25) is 9.59 Å². The van der Waals surface area contributed by atoms with Crippen LogP contribution in [-0.4, -0.2) is 53.3 Å². The van der Waals surface area contributed by atoms with E-state index in [4.69, 9.17) is 27.2 Å². The molecule has 12 heteroatoms. The number of aromatic nitrogens is 6. The number of hydrogen-bond donors (Lipinski definition) is 3. The van der Waals surface area contributed by atoms with E-state index in [9.17, 15) is 9.59 Å². The molecule has 2 heterocycles. The average Bonchev–Trinajstić information content (AvgIpc) is 3.58. The Morgan fingerprint density at radius 3 is 2.67 bits per heavy atom. The van der Waals surface area contributed by atoms with Crippen molar-refractivity contribution in [3.8, 4) is 22.5 Å². The number of imidazole rings is 1. The predicted octanol–water partition coefficient (Wildman–Crippen LogP) is 4.01. The lowest BCUT2D eigenvalue weighted by Gasteiger charge is -2.16. The number of hydrogen-bond acceptors (Lipinski definition) is 8. The van der Waals surface area contributed by atoms with E-state index in [1.165, 1.54) is 0 Å². The lowest BCUT2D eigenvalue weighted by Crippen LogP contribution is -2.33. The summed E-state index contributed by atoms with van der Waals surface area (Å²) in [6.07, 6.45) is 2.34. The number of nitrogens with one attached hydrogen (secondary N) is 1. The highest BCUT2D eigenvalue weighted by molar-refractivity contribution is 6.30. The molecule has 0 spiro atoms. The monoisotopic (exact) mass is 551 g/mol. The van der Waals surface area contributed by atoms with Crippen LogP contribution in [-0.2, 0) is 33.9 Å². The number of carboxylic acids is 1. The standard InChI is InChI=1S/C27H30ClN7O4/c1-2-3-9-23-30-25(28)22(16-39-27(38)21(29)12-13-24(36)37)35(23)15-17-10-11-19(18-7-5-4-6-8-18)20(14-17)26-31-33-34-32-26/h4-8,10-11,14,21H,2-3,9,12-13,15-16,29H2,1H3,(H,36,37)(H,31,32,33,34)/t21-/m0/s1. The number of rotatable bonds is 13. The molecule has 0 fully saturated rings. The minimum absolute atomic E-state index is 0.0183. The summed E-state index contributed by atoms with van der Waals surface area (Å²) in [7, 11) is 0. The average molecular weight is 552 g/mol. The predicted molar refractivity (Wildman–Crippen MR) is 145 cm³/mol. The van der Waals surface area contributed by atoms with Gasteiger partial charge in [-0.15, -0.1) is 10.2 Å². The Bertz CT molecular complexity index is 1410. The van der Waals surface area contributed by atoms with E-state index < -0.39 is 18.0 Å². The third-order valence-corrected chi connectivity index (χ3v) is 6.58. The Hall–Kier alpha value is -4.09. The molecule has 0 aliphatic heterocycles. The summed E-state index contributed by atoms with van der Waals surface area (Å²) in [6, 6.07) is 14.9. The summed E-state index contributed by atoms with van der Waals surface area (Å²) in [4.78, 5) is 27.8. The molecule has 0 unspecified atom stereocenters. The van der Waals surface area contributed by atoms with E-state index in [2.05, 4.69) is 32.5 Å². The minimum atomic E-state index is -1.04. The van der Waals surface area contributed by atoms with Crippen LogP contribution in [0.4, 0.5) is 0 Å². The van der Waals surface area contributed by atoms with E-state index in [1.807, 2.05) is 53.1 Å². The molecule has 0 saturated carbocycles. The molecule has 2 aromatic heterocycles. The van der Waals surface area contributed by atoms with Crippen molar-refractivity contribution in [2.24, 2.45) is 5.73 Å². The Morgan fingerprint density at radius 2 is 1.97 bits per heavy atom. The number of carbonyl (C=O) groups excluding carboxylic acids is 1. The maximum Gasteiger partial charge on any atom is 0.323 e. The van der Waals surface area contributed by atoms with Crippen molar-refractivity contribution in [1.29, 1.82) is 0 Å². The number of tetrazole rings is 1. The second-order valence-corrected chi connectivity index (χ2v) is 9.44. The number of carboxylic acid groups (broad SMARTS) is 1. The van der Waals surface area contributed by atoms with E-state index in [1.54, 1.807) is 0 Å². The quantitative estimate of drug-likeness (QED) is 0.208. The topological polar surface area (TPSA) is 162 Å². The van der Waals surface area contributed by atoms with Gasteiger partial charge in [0.25, 0.3) is 0 Å². The summed E-state index contributed by atoms with van der Waals surface area (Å²) >= 11 is 6.51. The number of carbonyl (C=O) groups is 2. The van der Waals surface area contributed by atoms with E-state index in [0.717, 1.165) is 40.9 Å². The molecular weight excluding hydrogens is 522 g/mol. The highest BCUT2D eigenvalue weighted by Crippen LogP contribution is 2.31. The van der Waals surface area contributed by atoms with Gasteiger partial charge in [0.1, 0.15) is 18.5 Å². The van der Waals surface area contributed by atoms with Gasteiger partial charge < -0.3 is 20.1 Å². The summed E-state index contributed by atoms with van der Waals surface area (Å²) in [5.41, 5.74) is 10.1. The zero-order valence-electron chi connectivity index (χ0n) is 21.5. The van der Waals surface area contributed by atoms with Gasteiger partial charge in [0, 0.05) is 24.9 Å². The van der Waals surface area contributed by atoms with Crippen molar-refractivity contribution in [2.45, 2.75) is 58.2 Å². The van der Waals surface area contributed by atoms with Gasteiger partial charge >= 0.3 is 11.9 Å². The normalized spacial score (nSPS) is 11.9. The second-order valence-electron chi connectivity index (χ2n) is 9.08. The first-order valence-corrected chi connectivity index (χ1v) is 13.0. The molecule has 4 N–H and O–H groups in total. The fourth-order valence-electron chi connectivity index (χ4n) is 4.20. The van der Waals surface area contributed by atoms with Crippen LogP contribution in [0, 0.1) is 0 Å². The number of nitrogens with zero attached hydrogens (tertiary/aromatic N) is 5. The zero-order valence-corrected chi connectivity index (χ0v) is 22.3. The first-order valence-electron chi connectivity index (χ1n) is 12.7. The molecule has 2 aromatic carbocycles. The number of benzene rings is 2. The minimum Gasteiger partial charge on any atom is -0.481 e. The van der Waals surface area contributed by atoms with Crippen LogP contribution < -0.4 is 5.73 Å². The van der Waals surface area contributed by atoms with Crippen molar-refractivity contribution in [2.75, 3.05) is 0 Å². The zero-order chi connectivity index (χ0) is 27.8. The number of nitrogens with two attached hydrogens (primary N) is 1. The lowest BCUT2D eigenvalue weighted by atomic mass is 9.97. The van der Waals surface area contributed by atoms with Gasteiger partial charge in [-0.05, 0) is 40.8 Å². The maximum atomic E-state index is 12.4. The summed E-state index contributed by atoms with van der Waals surface area (Å²) in [5.74, 6) is -0.480. The summed E-state index contributed by atoms with van der Waals surface area (Å²) in [6.45, 7) is 2.36. The highest BCUT2D eigenvalue weighted by atomic mass is 35.5. The third kappa shape index (κ3) is 7.06. The number of aryl methyl sites for hydroxylation is 1. The van der Waals surface area contributed by atoms with Crippen molar-refractivity contribution < 1.29 is 19.4 Å². The largest absolute Gasteiger partial charge is 0.481 e. The molecule has 1 atom stereocenters. The molecule has 39 heavy (non-hydrogen) atoms. The Kier molecular flexibility index (Phi) is 9.40. The van der Waals surface area contributed by atoms with E-state index in [0.29, 0.717) is 24.5 Å². The number of unbranched alkanes of at least 4 members (excludes halogenated alkanes) is 1. The van der Waals surface area contributed by atoms with Gasteiger partial charge in [0.2, 0.25) is 5.82 Å². The van der Waals surface area contributed by atoms with Gasteiger partial charge in [0.05, 0.1) is 5.69 Å². The molecule has 4 rings (SSSR count). The molecule has 0 saturated heterocycles. The third-order valence-electron chi connectivity index (χ3n) is 6.28. The van der Waals surface area contributed by atoms with Crippen molar-refractivity contribution in [3.63, 3.8) is 0 Å². The second kappa shape index (κ2) is 13.1. The Morgan fingerprint density at radius 1 is 1.18 bits per heavy atom. The van der Waals surface area contributed by atoms with Crippen LogP contribution in [0.25, 0.3) is 22.5 Å². The lowest BCUT2D eigenvalue weighted by molar-refractivity contribution is -0.147. The van der Waals surface area contributed by atoms with Crippen molar-refractivity contribution in [3.05, 3.63) is 70.8 Å². The van der Waals surface area contributed by atoms with Crippen LogP contribution in [0.15, 0.2) is 48.5 Å².